The summed E-state index contributed by atoms with van der Waals surface area (Å²) in [5, 5.41) is 16.6. The molecular formula is C31H32N6O3S. The van der Waals surface area contributed by atoms with Crippen LogP contribution in [0.1, 0.15) is 49.7 Å². The average Bonchev–Trinajstić information content (AvgIpc) is 3.77. The van der Waals surface area contributed by atoms with Gasteiger partial charge in [0.25, 0.3) is 11.8 Å². The lowest BCUT2D eigenvalue weighted by atomic mass is 10.1. The van der Waals surface area contributed by atoms with Crippen molar-refractivity contribution in [2.75, 3.05) is 38.0 Å². The molecule has 6 rings (SSSR count). The number of carbonyl (C=O) groups excluding carboxylic acids is 3. The second kappa shape index (κ2) is 11.7. The zero-order valence-corrected chi connectivity index (χ0v) is 23.7. The number of amides is 3. The average molecular weight is 569 g/mol. The van der Waals surface area contributed by atoms with Gasteiger partial charge in [0.15, 0.2) is 0 Å². The van der Waals surface area contributed by atoms with Crippen LogP contribution in [0.3, 0.4) is 0 Å². The summed E-state index contributed by atoms with van der Waals surface area (Å²) in [5.74, 6) is -0.202. The number of aromatic nitrogens is 2. The van der Waals surface area contributed by atoms with Crippen molar-refractivity contribution in [3.63, 3.8) is 0 Å². The molecule has 10 heteroatoms. The first-order valence-corrected chi connectivity index (χ1v) is 14.8. The SMILES string of the molecule is Cc1ccsc1C(=O)Nc1cc(C(=O)N2CCN(C(=O)[C@@H]3CCCN3)CC2)ccc1C=Cc1n[nH]c2ccccc12. The van der Waals surface area contributed by atoms with Gasteiger partial charge in [-0.3, -0.25) is 19.5 Å². The van der Waals surface area contributed by atoms with Gasteiger partial charge in [-0.15, -0.1) is 11.3 Å². The maximum Gasteiger partial charge on any atom is 0.266 e. The first-order chi connectivity index (χ1) is 20.0. The summed E-state index contributed by atoms with van der Waals surface area (Å²) < 4.78 is 0. The third kappa shape index (κ3) is 5.66. The number of thiophene rings is 1. The van der Waals surface area contributed by atoms with Crippen LogP contribution in [-0.4, -0.2) is 76.5 Å². The van der Waals surface area contributed by atoms with E-state index in [0.29, 0.717) is 42.3 Å². The number of H-pyrrole nitrogens is 1. The second-order valence-electron chi connectivity index (χ2n) is 10.4. The number of hydrogen-bond donors (Lipinski definition) is 3. The molecule has 3 amide bonds. The van der Waals surface area contributed by atoms with Crippen LogP contribution in [0.5, 0.6) is 0 Å². The third-order valence-corrected chi connectivity index (χ3v) is 8.79. The van der Waals surface area contributed by atoms with E-state index in [2.05, 4.69) is 20.8 Å². The highest BCUT2D eigenvalue weighted by atomic mass is 32.1. The molecule has 2 saturated heterocycles. The molecule has 2 aliphatic rings. The Morgan fingerprint density at radius 3 is 2.59 bits per heavy atom. The first kappa shape index (κ1) is 26.9. The largest absolute Gasteiger partial charge is 0.338 e. The van der Waals surface area contributed by atoms with E-state index in [-0.39, 0.29) is 23.8 Å². The van der Waals surface area contributed by atoms with Gasteiger partial charge in [0.2, 0.25) is 5.91 Å². The number of aryl methyl sites for hydroxylation is 1. The number of hydrogen-bond acceptors (Lipinski definition) is 6. The lowest BCUT2D eigenvalue weighted by Gasteiger charge is -2.36. The molecule has 4 aromatic rings. The first-order valence-electron chi connectivity index (χ1n) is 13.9. The van der Waals surface area contributed by atoms with Crippen LogP contribution in [0.15, 0.2) is 53.9 Å². The van der Waals surface area contributed by atoms with E-state index < -0.39 is 0 Å². The van der Waals surface area contributed by atoms with Crippen LogP contribution < -0.4 is 10.6 Å². The molecule has 2 fully saturated rings. The summed E-state index contributed by atoms with van der Waals surface area (Å²) in [6, 6.07) is 15.1. The van der Waals surface area contributed by atoms with Crippen molar-refractivity contribution >= 4 is 57.8 Å². The minimum Gasteiger partial charge on any atom is -0.338 e. The van der Waals surface area contributed by atoms with Gasteiger partial charge < -0.3 is 20.4 Å². The number of para-hydroxylation sites is 1. The molecule has 1 atom stereocenters. The van der Waals surface area contributed by atoms with Gasteiger partial charge in [-0.1, -0.05) is 30.3 Å². The Morgan fingerprint density at radius 1 is 1.02 bits per heavy atom. The Balaban J connectivity index is 1.23. The molecule has 3 N–H and O–H groups in total. The Hall–Kier alpha value is -4.28. The Bertz CT molecular complexity index is 1630. The Kier molecular flexibility index (Phi) is 7.67. The quantitative estimate of drug-likeness (QED) is 0.320. The summed E-state index contributed by atoms with van der Waals surface area (Å²) in [6.07, 6.45) is 5.68. The maximum atomic E-state index is 13.5. The molecule has 210 valence electrons. The van der Waals surface area contributed by atoms with Crippen molar-refractivity contribution < 1.29 is 14.4 Å². The predicted octanol–water partition coefficient (Wildman–Crippen LogP) is 4.39. The molecule has 0 aliphatic carbocycles. The van der Waals surface area contributed by atoms with Crippen molar-refractivity contribution in [1.29, 1.82) is 0 Å². The van der Waals surface area contributed by atoms with E-state index >= 15 is 0 Å². The zero-order valence-electron chi connectivity index (χ0n) is 22.9. The summed E-state index contributed by atoms with van der Waals surface area (Å²) in [6.45, 7) is 4.76. The number of aromatic amines is 1. The maximum absolute atomic E-state index is 13.5. The molecule has 2 aromatic heterocycles. The van der Waals surface area contributed by atoms with Crippen LogP contribution >= 0.6 is 11.3 Å². The van der Waals surface area contributed by atoms with Gasteiger partial charge in [0.1, 0.15) is 0 Å². The van der Waals surface area contributed by atoms with Crippen LogP contribution in [0.25, 0.3) is 23.1 Å². The number of nitrogens with zero attached hydrogens (tertiary/aromatic N) is 3. The summed E-state index contributed by atoms with van der Waals surface area (Å²) in [5.41, 5.74) is 4.42. The highest BCUT2D eigenvalue weighted by Gasteiger charge is 2.30. The molecule has 2 aliphatic heterocycles. The lowest BCUT2D eigenvalue weighted by Crippen LogP contribution is -2.54. The van der Waals surface area contributed by atoms with E-state index in [9.17, 15) is 14.4 Å². The van der Waals surface area contributed by atoms with Gasteiger partial charge in [-0.25, -0.2) is 0 Å². The van der Waals surface area contributed by atoms with Gasteiger partial charge >= 0.3 is 0 Å². The zero-order chi connectivity index (χ0) is 28.3. The molecule has 0 radical (unpaired) electrons. The van der Waals surface area contributed by atoms with E-state index in [1.165, 1.54) is 11.3 Å². The summed E-state index contributed by atoms with van der Waals surface area (Å²) >= 11 is 1.38. The highest BCUT2D eigenvalue weighted by Crippen LogP contribution is 2.26. The molecular weight excluding hydrogens is 536 g/mol. The van der Waals surface area contributed by atoms with Crippen molar-refractivity contribution in [3.8, 4) is 0 Å². The molecule has 0 bridgehead atoms. The molecule has 41 heavy (non-hydrogen) atoms. The molecule has 0 saturated carbocycles. The summed E-state index contributed by atoms with van der Waals surface area (Å²) in [7, 11) is 0. The van der Waals surface area contributed by atoms with Crippen LogP contribution in [-0.2, 0) is 4.79 Å². The predicted molar refractivity (Wildman–Crippen MR) is 162 cm³/mol. The number of nitrogens with one attached hydrogen (secondary N) is 3. The number of carbonyl (C=O) groups is 3. The lowest BCUT2D eigenvalue weighted by molar-refractivity contribution is -0.134. The van der Waals surface area contributed by atoms with Gasteiger partial charge in [-0.2, -0.15) is 5.10 Å². The van der Waals surface area contributed by atoms with Crippen LogP contribution in [0.4, 0.5) is 5.69 Å². The Labute approximate surface area is 242 Å². The smallest absolute Gasteiger partial charge is 0.266 e. The van der Waals surface area contributed by atoms with Gasteiger partial charge in [-0.05, 0) is 73.2 Å². The van der Waals surface area contributed by atoms with Crippen LogP contribution in [0.2, 0.25) is 0 Å². The molecule has 0 unspecified atom stereocenters. The van der Waals surface area contributed by atoms with Crippen molar-refractivity contribution in [1.82, 2.24) is 25.3 Å². The highest BCUT2D eigenvalue weighted by molar-refractivity contribution is 7.12. The molecule has 9 nitrogen and oxygen atoms in total. The topological polar surface area (TPSA) is 110 Å². The van der Waals surface area contributed by atoms with Crippen molar-refractivity contribution in [3.05, 3.63) is 81.2 Å². The van der Waals surface area contributed by atoms with Crippen LogP contribution in [0, 0.1) is 6.92 Å². The summed E-state index contributed by atoms with van der Waals surface area (Å²) in [4.78, 5) is 43.7. The van der Waals surface area contributed by atoms with Gasteiger partial charge in [0, 0.05) is 42.8 Å². The minimum atomic E-state index is -0.213. The normalized spacial score (nSPS) is 17.4. The fraction of sp³-hybridized carbons (Fsp3) is 0.290. The fourth-order valence-electron chi connectivity index (χ4n) is 5.44. The third-order valence-electron chi connectivity index (χ3n) is 7.77. The monoisotopic (exact) mass is 568 g/mol. The number of fused-ring (bicyclic) bond motifs is 1. The van der Waals surface area contributed by atoms with E-state index in [4.69, 9.17) is 0 Å². The van der Waals surface area contributed by atoms with E-state index in [1.54, 1.807) is 17.0 Å². The van der Waals surface area contributed by atoms with Crippen molar-refractivity contribution in [2.45, 2.75) is 25.8 Å². The molecule has 4 heterocycles. The minimum absolute atomic E-state index is 0.101. The van der Waals surface area contributed by atoms with E-state index in [0.717, 1.165) is 47.1 Å². The number of piperazine rings is 1. The molecule has 2 aromatic carbocycles. The number of rotatable bonds is 6. The second-order valence-corrected chi connectivity index (χ2v) is 11.4. The van der Waals surface area contributed by atoms with Crippen molar-refractivity contribution in [2.24, 2.45) is 0 Å². The Morgan fingerprint density at radius 2 is 1.83 bits per heavy atom. The standard InChI is InChI=1S/C31H32N6O3S/c1-20-12-18-41-28(20)29(38)33-27-19-22(9-8-21(27)10-11-25-23-5-2-3-6-24(23)34-35-25)30(39)36-14-16-37(17-15-36)31(40)26-7-4-13-32-26/h2-3,5-6,8-12,18-19,26,32H,4,7,13-17H2,1H3,(H,33,38)(H,34,35)/t26-/m0/s1. The molecule has 0 spiro atoms. The number of anilines is 1. The van der Waals surface area contributed by atoms with Gasteiger partial charge in [0.05, 0.1) is 22.1 Å². The number of benzene rings is 2. The van der Waals surface area contributed by atoms with E-state index in [1.807, 2.05) is 65.8 Å². The fourth-order valence-corrected chi connectivity index (χ4v) is 6.26.